The maximum atomic E-state index is 14.3. The Bertz CT molecular complexity index is 1630. The molecule has 1 unspecified atom stereocenters. The van der Waals surface area contributed by atoms with Gasteiger partial charge in [0.05, 0.1) is 5.02 Å². The number of alkyl halides is 2. The highest BCUT2D eigenvalue weighted by Gasteiger charge is 2.43. The fourth-order valence-electron chi connectivity index (χ4n) is 5.13. The van der Waals surface area contributed by atoms with Crippen molar-refractivity contribution in [2.45, 2.75) is 38.9 Å². The molecule has 2 amide bonds. The number of aromatic nitrogens is 3. The van der Waals surface area contributed by atoms with Crippen molar-refractivity contribution < 1.29 is 27.6 Å². The molecule has 1 aliphatic heterocycles. The van der Waals surface area contributed by atoms with Crippen molar-refractivity contribution in [2.24, 2.45) is 5.92 Å². The van der Waals surface area contributed by atoms with Crippen LogP contribution in [-0.2, 0) is 22.7 Å². The summed E-state index contributed by atoms with van der Waals surface area (Å²) in [4.78, 5) is 48.2. The van der Waals surface area contributed by atoms with Gasteiger partial charge in [-0.3, -0.25) is 14.4 Å². The Labute approximate surface area is 238 Å². The second kappa shape index (κ2) is 11.7. The standard InChI is InChI=1S/C29H25ClF3N5O3/c1-16(39)22-13-37(24-6-5-17(7-21(22)24)20-9-34-15-35-10-20)14-26(40)38-12-19(28(32)33)8-25(38)29(41)36-11-18-3-2-4-23(30)27(18)31/h2-7,9-10,13,15,19,25,28H,8,11-12,14H2,1H3,(H,36,41)/t19?,25-/m0/s1. The zero-order valence-corrected chi connectivity index (χ0v) is 22.6. The second-order valence-electron chi connectivity index (χ2n) is 9.91. The van der Waals surface area contributed by atoms with Gasteiger partial charge in [-0.05, 0) is 37.1 Å². The Hall–Kier alpha value is -4.25. The van der Waals surface area contributed by atoms with Crippen molar-refractivity contribution in [3.8, 4) is 11.1 Å². The Morgan fingerprint density at radius 2 is 1.88 bits per heavy atom. The molecule has 0 radical (unpaired) electrons. The number of nitrogens with one attached hydrogen (secondary N) is 1. The highest BCUT2D eigenvalue weighted by molar-refractivity contribution is 6.30. The van der Waals surface area contributed by atoms with Crippen molar-refractivity contribution >= 4 is 40.1 Å². The lowest BCUT2D eigenvalue weighted by Crippen LogP contribution is -2.46. The molecule has 212 valence electrons. The number of Topliss-reactive ketones (excluding diaryl/α,β-unsaturated/α-hetero) is 1. The summed E-state index contributed by atoms with van der Waals surface area (Å²) in [6, 6.07) is 8.54. The van der Waals surface area contributed by atoms with Gasteiger partial charge in [0, 0.05) is 65.2 Å². The van der Waals surface area contributed by atoms with Crippen LogP contribution in [0.5, 0.6) is 0 Å². The van der Waals surface area contributed by atoms with Crippen LogP contribution in [0.3, 0.4) is 0 Å². The molecular weight excluding hydrogens is 559 g/mol. The zero-order valence-electron chi connectivity index (χ0n) is 21.9. The molecule has 1 aliphatic rings. The van der Waals surface area contributed by atoms with Crippen LogP contribution in [0.25, 0.3) is 22.0 Å². The summed E-state index contributed by atoms with van der Waals surface area (Å²) < 4.78 is 43.2. The third kappa shape index (κ3) is 5.81. The van der Waals surface area contributed by atoms with Crippen LogP contribution in [0, 0.1) is 11.7 Å². The van der Waals surface area contributed by atoms with Crippen LogP contribution in [0.15, 0.2) is 61.3 Å². The Balaban J connectivity index is 1.39. The van der Waals surface area contributed by atoms with Crippen LogP contribution in [0.4, 0.5) is 13.2 Å². The van der Waals surface area contributed by atoms with Gasteiger partial charge < -0.3 is 14.8 Å². The van der Waals surface area contributed by atoms with Crippen LogP contribution in [-0.4, -0.2) is 56.0 Å². The van der Waals surface area contributed by atoms with Crippen molar-refractivity contribution in [3.63, 3.8) is 0 Å². The molecule has 3 heterocycles. The quantitative estimate of drug-likeness (QED) is 0.298. The summed E-state index contributed by atoms with van der Waals surface area (Å²) in [7, 11) is 0. The number of likely N-dealkylation sites (tertiary alicyclic amines) is 1. The molecule has 12 heteroatoms. The first-order chi connectivity index (χ1) is 19.6. The Morgan fingerprint density at radius 3 is 2.59 bits per heavy atom. The molecule has 0 bridgehead atoms. The minimum absolute atomic E-state index is 0.111. The number of carbonyl (C=O) groups is 3. The molecule has 2 aromatic carbocycles. The molecule has 4 aromatic rings. The third-order valence-corrected chi connectivity index (χ3v) is 7.55. The van der Waals surface area contributed by atoms with E-state index < -0.39 is 36.0 Å². The number of amides is 2. The van der Waals surface area contributed by atoms with Gasteiger partial charge >= 0.3 is 0 Å². The van der Waals surface area contributed by atoms with Gasteiger partial charge in [0.15, 0.2) is 5.78 Å². The molecule has 1 saturated heterocycles. The van der Waals surface area contributed by atoms with E-state index in [1.54, 1.807) is 41.4 Å². The summed E-state index contributed by atoms with van der Waals surface area (Å²) in [6.07, 6.45) is 3.27. The van der Waals surface area contributed by atoms with E-state index in [1.165, 1.54) is 31.5 Å². The average Bonchev–Trinajstić information content (AvgIpc) is 3.57. The maximum absolute atomic E-state index is 14.3. The van der Waals surface area contributed by atoms with E-state index in [0.717, 1.165) is 16.0 Å². The van der Waals surface area contributed by atoms with Crippen molar-refractivity contribution in [2.75, 3.05) is 6.54 Å². The van der Waals surface area contributed by atoms with E-state index in [9.17, 15) is 27.6 Å². The number of ketones is 1. The zero-order chi connectivity index (χ0) is 29.3. The molecule has 41 heavy (non-hydrogen) atoms. The average molecular weight is 584 g/mol. The lowest BCUT2D eigenvalue weighted by Gasteiger charge is -2.24. The van der Waals surface area contributed by atoms with E-state index in [4.69, 9.17) is 11.6 Å². The van der Waals surface area contributed by atoms with E-state index in [2.05, 4.69) is 15.3 Å². The fraction of sp³-hybridized carbons (Fsp3) is 0.276. The predicted molar refractivity (Wildman–Crippen MR) is 146 cm³/mol. The van der Waals surface area contributed by atoms with Gasteiger partial charge in [-0.1, -0.05) is 29.8 Å². The van der Waals surface area contributed by atoms with Gasteiger partial charge in [0.25, 0.3) is 0 Å². The number of nitrogens with zero attached hydrogens (tertiary/aromatic N) is 4. The van der Waals surface area contributed by atoms with Gasteiger partial charge in [0.1, 0.15) is 24.7 Å². The normalized spacial score (nSPS) is 16.9. The SMILES string of the molecule is CC(=O)c1cn(CC(=O)N2CC(C(F)F)C[C@H]2C(=O)NCc2cccc(Cl)c2F)c2ccc(-c3cncnc3)cc12. The van der Waals surface area contributed by atoms with Crippen LogP contribution in [0.1, 0.15) is 29.3 Å². The molecule has 0 aliphatic carbocycles. The smallest absolute Gasteiger partial charge is 0.243 e. The number of fused-ring (bicyclic) bond motifs is 1. The molecule has 0 spiro atoms. The monoisotopic (exact) mass is 583 g/mol. The van der Waals surface area contributed by atoms with Crippen molar-refractivity contribution in [1.82, 2.24) is 24.8 Å². The predicted octanol–water partition coefficient (Wildman–Crippen LogP) is 4.89. The van der Waals surface area contributed by atoms with Crippen LogP contribution < -0.4 is 5.32 Å². The first kappa shape index (κ1) is 28.3. The number of hydrogen-bond acceptors (Lipinski definition) is 5. The third-order valence-electron chi connectivity index (χ3n) is 7.26. The first-order valence-electron chi connectivity index (χ1n) is 12.8. The summed E-state index contributed by atoms with van der Waals surface area (Å²) >= 11 is 5.80. The van der Waals surface area contributed by atoms with Crippen LogP contribution >= 0.6 is 11.6 Å². The van der Waals surface area contributed by atoms with Gasteiger partial charge in [-0.25, -0.2) is 23.1 Å². The molecule has 2 aromatic heterocycles. The Morgan fingerprint density at radius 1 is 1.12 bits per heavy atom. The number of benzene rings is 2. The number of halogens is 4. The highest BCUT2D eigenvalue weighted by Crippen LogP contribution is 2.31. The number of rotatable bonds is 8. The minimum Gasteiger partial charge on any atom is -0.350 e. The lowest BCUT2D eigenvalue weighted by molar-refractivity contribution is -0.139. The first-order valence-corrected chi connectivity index (χ1v) is 13.2. The minimum atomic E-state index is -2.73. The molecule has 2 atom stereocenters. The summed E-state index contributed by atoms with van der Waals surface area (Å²) in [5.41, 5.74) is 2.62. The summed E-state index contributed by atoms with van der Waals surface area (Å²) in [5, 5.41) is 3.05. The van der Waals surface area contributed by atoms with Gasteiger partial charge in [-0.2, -0.15) is 0 Å². The Kier molecular flexibility index (Phi) is 8.07. The van der Waals surface area contributed by atoms with E-state index in [1.807, 2.05) is 0 Å². The molecule has 1 fully saturated rings. The van der Waals surface area contributed by atoms with E-state index in [0.29, 0.717) is 16.5 Å². The van der Waals surface area contributed by atoms with E-state index in [-0.39, 0.29) is 42.4 Å². The highest BCUT2D eigenvalue weighted by atomic mass is 35.5. The second-order valence-corrected chi connectivity index (χ2v) is 10.3. The van der Waals surface area contributed by atoms with Gasteiger partial charge in [-0.15, -0.1) is 0 Å². The van der Waals surface area contributed by atoms with E-state index >= 15 is 0 Å². The molecule has 5 rings (SSSR count). The lowest BCUT2D eigenvalue weighted by atomic mass is 10.0. The maximum Gasteiger partial charge on any atom is 0.243 e. The molecule has 8 nitrogen and oxygen atoms in total. The van der Waals surface area contributed by atoms with Gasteiger partial charge in [0.2, 0.25) is 18.2 Å². The largest absolute Gasteiger partial charge is 0.350 e. The summed E-state index contributed by atoms with van der Waals surface area (Å²) in [6.45, 7) is 0.607. The van der Waals surface area contributed by atoms with Crippen molar-refractivity contribution in [3.05, 3.63) is 83.3 Å². The number of hydrogen-bond donors (Lipinski definition) is 1. The molecule has 1 N–H and O–H groups in total. The fourth-order valence-corrected chi connectivity index (χ4v) is 5.33. The van der Waals surface area contributed by atoms with Crippen LogP contribution in [0.2, 0.25) is 5.02 Å². The molecular formula is C29H25ClF3N5O3. The van der Waals surface area contributed by atoms with Crippen molar-refractivity contribution in [1.29, 1.82) is 0 Å². The summed E-state index contributed by atoms with van der Waals surface area (Å²) in [5.74, 6) is -3.33. The molecule has 0 saturated carbocycles. The number of carbonyl (C=O) groups excluding carboxylic acids is 3. The topological polar surface area (TPSA) is 97.2 Å².